The van der Waals surface area contributed by atoms with Gasteiger partial charge in [-0.25, -0.2) is 0 Å². The molecule has 0 amide bonds. The van der Waals surface area contributed by atoms with Crippen LogP contribution in [-0.4, -0.2) is 36.7 Å². The lowest BCUT2D eigenvalue weighted by Gasteiger charge is -2.08. The molecule has 1 heterocycles. The molecule has 0 unspecified atom stereocenters. The number of phenols is 1. The van der Waals surface area contributed by atoms with Crippen LogP contribution in [0.5, 0.6) is 5.75 Å². The van der Waals surface area contributed by atoms with Gasteiger partial charge in [0.2, 0.25) is 0 Å². The average molecular weight is 293 g/mol. The van der Waals surface area contributed by atoms with Gasteiger partial charge in [-0.05, 0) is 26.0 Å². The Morgan fingerprint density at radius 3 is 2.80 bits per heavy atom. The van der Waals surface area contributed by atoms with Gasteiger partial charge in [-0.1, -0.05) is 23.4 Å². The summed E-state index contributed by atoms with van der Waals surface area (Å²) in [6.07, 6.45) is 0. The van der Waals surface area contributed by atoms with Crippen molar-refractivity contribution in [2.45, 2.75) is 25.5 Å². The van der Waals surface area contributed by atoms with Crippen LogP contribution in [0.4, 0.5) is 0 Å². The fourth-order valence-electron chi connectivity index (χ4n) is 1.84. The number of thioether (sulfide) groups is 1. The molecule has 20 heavy (non-hydrogen) atoms. The first kappa shape index (κ1) is 14.4. The number of rotatable bonds is 5. The Hall–Kier alpha value is -2.02. The number of carboxylic acids is 1. The molecule has 0 atom stereocenters. The van der Waals surface area contributed by atoms with Gasteiger partial charge in [0.25, 0.3) is 0 Å². The fraction of sp³-hybridized carbons (Fsp3) is 0.308. The van der Waals surface area contributed by atoms with Crippen LogP contribution in [0, 0.1) is 6.92 Å². The van der Waals surface area contributed by atoms with E-state index in [1.165, 1.54) is 0 Å². The van der Waals surface area contributed by atoms with E-state index < -0.39 is 5.97 Å². The van der Waals surface area contributed by atoms with Crippen LogP contribution in [0.1, 0.15) is 12.5 Å². The summed E-state index contributed by atoms with van der Waals surface area (Å²) in [5, 5.41) is 27.3. The SMILES string of the molecule is CCn1c(SCC(=O)O)nnc1-c1cc(C)ccc1O. The summed E-state index contributed by atoms with van der Waals surface area (Å²) in [4.78, 5) is 10.6. The monoisotopic (exact) mass is 293 g/mol. The molecule has 0 saturated heterocycles. The molecular formula is C13H15N3O3S. The van der Waals surface area contributed by atoms with E-state index in [1.807, 2.05) is 26.0 Å². The van der Waals surface area contributed by atoms with E-state index in [4.69, 9.17) is 5.11 Å². The molecule has 2 N–H and O–H groups in total. The van der Waals surface area contributed by atoms with E-state index in [0.29, 0.717) is 23.1 Å². The highest BCUT2D eigenvalue weighted by Gasteiger charge is 2.16. The van der Waals surface area contributed by atoms with Crippen LogP contribution in [0.3, 0.4) is 0 Å². The quantitative estimate of drug-likeness (QED) is 0.821. The number of hydrogen-bond acceptors (Lipinski definition) is 5. The van der Waals surface area contributed by atoms with Crippen LogP contribution in [0.15, 0.2) is 23.4 Å². The largest absolute Gasteiger partial charge is 0.507 e. The van der Waals surface area contributed by atoms with Gasteiger partial charge >= 0.3 is 5.97 Å². The number of aromatic hydroxyl groups is 1. The van der Waals surface area contributed by atoms with Crippen LogP contribution < -0.4 is 0 Å². The predicted molar refractivity (Wildman–Crippen MR) is 75.9 cm³/mol. The lowest BCUT2D eigenvalue weighted by Crippen LogP contribution is -2.03. The summed E-state index contributed by atoms with van der Waals surface area (Å²) >= 11 is 1.11. The standard InChI is InChI=1S/C13H15N3O3S/c1-3-16-12(9-6-8(2)4-5-10(9)17)14-15-13(16)20-7-11(18)19/h4-6,17H,3,7H2,1-2H3,(H,18,19). The third-order valence-corrected chi connectivity index (χ3v) is 3.70. The number of hydrogen-bond donors (Lipinski definition) is 2. The second-order valence-corrected chi connectivity index (χ2v) is 5.20. The van der Waals surface area contributed by atoms with Gasteiger partial charge in [-0.3, -0.25) is 4.79 Å². The number of benzene rings is 1. The highest BCUT2D eigenvalue weighted by molar-refractivity contribution is 7.99. The van der Waals surface area contributed by atoms with E-state index in [1.54, 1.807) is 10.6 Å². The van der Waals surface area contributed by atoms with Crippen molar-refractivity contribution in [3.63, 3.8) is 0 Å². The summed E-state index contributed by atoms with van der Waals surface area (Å²) < 4.78 is 1.79. The molecule has 7 heteroatoms. The van der Waals surface area contributed by atoms with E-state index in [9.17, 15) is 9.90 Å². The van der Waals surface area contributed by atoms with Crippen LogP contribution in [0.25, 0.3) is 11.4 Å². The number of aromatic nitrogens is 3. The van der Waals surface area contributed by atoms with Gasteiger partial charge in [-0.2, -0.15) is 0 Å². The summed E-state index contributed by atoms with van der Waals surface area (Å²) in [5.74, 6) is -0.299. The van der Waals surface area contributed by atoms with Gasteiger partial charge in [0.05, 0.1) is 11.3 Å². The van der Waals surface area contributed by atoms with Gasteiger partial charge < -0.3 is 14.8 Å². The maximum atomic E-state index is 10.6. The third-order valence-electron chi connectivity index (χ3n) is 2.75. The number of aliphatic carboxylic acids is 1. The zero-order chi connectivity index (χ0) is 14.7. The van der Waals surface area contributed by atoms with Crippen molar-refractivity contribution in [2.75, 3.05) is 5.75 Å². The number of aryl methyl sites for hydroxylation is 1. The summed E-state index contributed by atoms with van der Waals surface area (Å²) in [7, 11) is 0. The molecule has 2 aromatic rings. The Kier molecular flexibility index (Phi) is 4.29. The van der Waals surface area contributed by atoms with Crippen molar-refractivity contribution >= 4 is 17.7 Å². The van der Waals surface area contributed by atoms with Gasteiger partial charge in [0.15, 0.2) is 11.0 Å². The highest BCUT2D eigenvalue weighted by atomic mass is 32.2. The highest BCUT2D eigenvalue weighted by Crippen LogP contribution is 2.31. The molecule has 0 saturated carbocycles. The van der Waals surface area contributed by atoms with Crippen LogP contribution in [0.2, 0.25) is 0 Å². The van der Waals surface area contributed by atoms with E-state index in [2.05, 4.69) is 10.2 Å². The maximum absolute atomic E-state index is 10.6. The lowest BCUT2D eigenvalue weighted by molar-refractivity contribution is -0.133. The fourth-order valence-corrected chi connectivity index (χ4v) is 2.56. The molecule has 2 rings (SSSR count). The number of phenolic OH excluding ortho intramolecular Hbond substituents is 1. The zero-order valence-corrected chi connectivity index (χ0v) is 12.0. The van der Waals surface area contributed by atoms with Gasteiger partial charge in [-0.15, -0.1) is 10.2 Å². The Morgan fingerprint density at radius 2 is 2.15 bits per heavy atom. The van der Waals surface area contributed by atoms with Crippen molar-refractivity contribution < 1.29 is 15.0 Å². The van der Waals surface area contributed by atoms with Crippen molar-refractivity contribution in [3.05, 3.63) is 23.8 Å². The minimum atomic E-state index is -0.902. The second kappa shape index (κ2) is 5.96. The molecule has 0 radical (unpaired) electrons. The summed E-state index contributed by atoms with van der Waals surface area (Å²) in [5.41, 5.74) is 1.60. The van der Waals surface area contributed by atoms with E-state index in [0.717, 1.165) is 17.3 Å². The van der Waals surface area contributed by atoms with Crippen LogP contribution >= 0.6 is 11.8 Å². The van der Waals surface area contributed by atoms with Crippen molar-refractivity contribution in [3.8, 4) is 17.1 Å². The van der Waals surface area contributed by atoms with E-state index in [-0.39, 0.29) is 11.5 Å². The Balaban J connectivity index is 2.42. The molecule has 1 aromatic heterocycles. The smallest absolute Gasteiger partial charge is 0.313 e. The zero-order valence-electron chi connectivity index (χ0n) is 11.2. The summed E-state index contributed by atoms with van der Waals surface area (Å²) in [6, 6.07) is 5.26. The lowest BCUT2D eigenvalue weighted by atomic mass is 10.1. The van der Waals surface area contributed by atoms with Crippen LogP contribution in [-0.2, 0) is 11.3 Å². The molecule has 0 spiro atoms. The average Bonchev–Trinajstić information content (AvgIpc) is 2.81. The molecule has 106 valence electrons. The minimum Gasteiger partial charge on any atom is -0.507 e. The number of carboxylic acid groups (broad SMARTS) is 1. The Bertz CT molecular complexity index is 640. The summed E-state index contributed by atoms with van der Waals surface area (Å²) in [6.45, 7) is 4.44. The molecule has 1 aromatic carbocycles. The van der Waals surface area contributed by atoms with Crippen molar-refractivity contribution in [1.29, 1.82) is 0 Å². The maximum Gasteiger partial charge on any atom is 0.313 e. The Labute approximate surface area is 120 Å². The van der Waals surface area contributed by atoms with Gasteiger partial charge in [0, 0.05) is 6.54 Å². The first-order chi connectivity index (χ1) is 9.52. The topological polar surface area (TPSA) is 88.2 Å². The van der Waals surface area contributed by atoms with Crippen molar-refractivity contribution in [2.24, 2.45) is 0 Å². The minimum absolute atomic E-state index is 0.0715. The third kappa shape index (κ3) is 2.93. The number of nitrogens with zero attached hydrogens (tertiary/aromatic N) is 3. The van der Waals surface area contributed by atoms with Crippen molar-refractivity contribution in [1.82, 2.24) is 14.8 Å². The molecule has 0 aliphatic rings. The van der Waals surface area contributed by atoms with Gasteiger partial charge in [0.1, 0.15) is 5.75 Å². The number of carbonyl (C=O) groups is 1. The normalized spacial score (nSPS) is 10.7. The molecule has 6 nitrogen and oxygen atoms in total. The molecule has 0 aliphatic heterocycles. The predicted octanol–water partition coefficient (Wildman–Crippen LogP) is 2.16. The molecule has 0 bridgehead atoms. The first-order valence-electron chi connectivity index (χ1n) is 6.10. The Morgan fingerprint density at radius 1 is 1.40 bits per heavy atom. The molecule has 0 aliphatic carbocycles. The van der Waals surface area contributed by atoms with E-state index >= 15 is 0 Å². The molecular weight excluding hydrogens is 278 g/mol. The first-order valence-corrected chi connectivity index (χ1v) is 7.09. The molecule has 0 fully saturated rings. The second-order valence-electron chi connectivity index (χ2n) is 4.25.